The zero-order chi connectivity index (χ0) is 18.9. The molecule has 2 rings (SSSR count). The van der Waals surface area contributed by atoms with Crippen molar-refractivity contribution in [1.29, 1.82) is 0 Å². The van der Waals surface area contributed by atoms with E-state index in [-0.39, 0.29) is 12.2 Å². The first-order valence-corrected chi connectivity index (χ1v) is 9.56. The predicted molar refractivity (Wildman–Crippen MR) is 104 cm³/mol. The molecule has 0 aliphatic carbocycles. The van der Waals surface area contributed by atoms with Gasteiger partial charge in [-0.15, -0.1) is 0 Å². The van der Waals surface area contributed by atoms with Gasteiger partial charge in [0.1, 0.15) is 5.82 Å². The molecule has 0 aromatic heterocycles. The van der Waals surface area contributed by atoms with E-state index in [2.05, 4.69) is 9.89 Å². The minimum atomic E-state index is -1.24. The Morgan fingerprint density at radius 3 is 2.85 bits per heavy atom. The molecular weight excluding hydrogens is 454 g/mol. The zero-order valence-corrected chi connectivity index (χ0v) is 16.8. The van der Waals surface area contributed by atoms with Crippen LogP contribution in [-0.2, 0) is 14.3 Å². The van der Waals surface area contributed by atoms with E-state index >= 15 is 0 Å². The Labute approximate surface area is 165 Å². The second-order valence-electron chi connectivity index (χ2n) is 5.73. The molecule has 1 saturated heterocycles. The number of esters is 1. The third kappa shape index (κ3) is 6.10. The van der Waals surface area contributed by atoms with Gasteiger partial charge in [0.2, 0.25) is 0 Å². The molecule has 6 nitrogen and oxygen atoms in total. The number of halogens is 2. The minimum Gasteiger partial charge on any atom is -0.465 e. The summed E-state index contributed by atoms with van der Waals surface area (Å²) in [5, 5.41) is 0. The Hall–Kier alpha value is -1.39. The van der Waals surface area contributed by atoms with Crippen molar-refractivity contribution in [3.63, 3.8) is 0 Å². The van der Waals surface area contributed by atoms with Gasteiger partial charge in [0.15, 0.2) is 11.7 Å². The number of rotatable bonds is 8. The molecule has 26 heavy (non-hydrogen) atoms. The lowest BCUT2D eigenvalue weighted by Gasteiger charge is -2.25. The maximum absolute atomic E-state index is 14.0. The largest absolute Gasteiger partial charge is 0.465 e. The molecular formula is C18H22FIN2O4. The van der Waals surface area contributed by atoms with E-state index in [1.165, 1.54) is 18.3 Å². The van der Waals surface area contributed by atoms with Gasteiger partial charge in [-0.1, -0.05) is 0 Å². The summed E-state index contributed by atoms with van der Waals surface area (Å²) in [6.07, 6.45) is 1.28. The summed E-state index contributed by atoms with van der Waals surface area (Å²) in [5.41, 5.74) is -0.130. The molecule has 1 atom stereocenters. The van der Waals surface area contributed by atoms with Crippen LogP contribution in [0.4, 0.5) is 4.39 Å². The predicted octanol–water partition coefficient (Wildman–Crippen LogP) is 2.20. The van der Waals surface area contributed by atoms with Crippen LogP contribution in [-0.4, -0.2) is 68.9 Å². The fourth-order valence-electron chi connectivity index (χ4n) is 2.53. The number of hydrogen-bond donors (Lipinski definition) is 0. The summed E-state index contributed by atoms with van der Waals surface area (Å²) in [4.78, 5) is 31.2. The van der Waals surface area contributed by atoms with Crippen molar-refractivity contribution in [3.05, 3.63) is 33.1 Å². The highest BCUT2D eigenvalue weighted by Gasteiger charge is 2.29. The lowest BCUT2D eigenvalue weighted by molar-refractivity contribution is -0.143. The molecule has 1 aliphatic rings. The summed E-state index contributed by atoms with van der Waals surface area (Å²) >= 11 is 1.99. The SMILES string of the molecule is CCOC(=O)C(C=NCCN1CCOCC1)C(=O)c1cc(I)ccc1F. The number of benzene rings is 1. The number of ether oxygens (including phenoxy) is 2. The van der Waals surface area contributed by atoms with E-state index in [4.69, 9.17) is 9.47 Å². The van der Waals surface area contributed by atoms with Crippen molar-refractivity contribution < 1.29 is 23.5 Å². The highest BCUT2D eigenvalue weighted by molar-refractivity contribution is 14.1. The Bertz CT molecular complexity index is 663. The van der Waals surface area contributed by atoms with Crippen LogP contribution < -0.4 is 0 Å². The highest BCUT2D eigenvalue weighted by atomic mass is 127. The first kappa shape index (κ1) is 20.9. The van der Waals surface area contributed by atoms with Crippen LogP contribution in [0.5, 0.6) is 0 Å². The van der Waals surface area contributed by atoms with Gasteiger partial charge in [-0.2, -0.15) is 0 Å². The molecule has 0 N–H and O–H groups in total. The van der Waals surface area contributed by atoms with Crippen LogP contribution in [0.1, 0.15) is 17.3 Å². The molecule has 1 fully saturated rings. The van der Waals surface area contributed by atoms with Gasteiger partial charge in [0, 0.05) is 29.4 Å². The fourth-order valence-corrected chi connectivity index (χ4v) is 3.02. The molecule has 0 spiro atoms. The Morgan fingerprint density at radius 1 is 1.42 bits per heavy atom. The van der Waals surface area contributed by atoms with Gasteiger partial charge >= 0.3 is 5.97 Å². The summed E-state index contributed by atoms with van der Waals surface area (Å²) in [5.74, 6) is -3.26. The third-order valence-corrected chi connectivity index (χ3v) is 4.59. The zero-order valence-electron chi connectivity index (χ0n) is 14.6. The van der Waals surface area contributed by atoms with Gasteiger partial charge in [-0.3, -0.25) is 19.5 Å². The molecule has 1 unspecified atom stereocenters. The maximum atomic E-state index is 14.0. The van der Waals surface area contributed by atoms with Crippen LogP contribution in [0, 0.1) is 15.3 Å². The van der Waals surface area contributed by atoms with Gasteiger partial charge in [0.25, 0.3) is 0 Å². The molecule has 1 aromatic rings. The number of nitrogens with zero attached hydrogens (tertiary/aromatic N) is 2. The van der Waals surface area contributed by atoms with E-state index in [9.17, 15) is 14.0 Å². The molecule has 0 amide bonds. The smallest absolute Gasteiger partial charge is 0.322 e. The van der Waals surface area contributed by atoms with Crippen molar-refractivity contribution in [3.8, 4) is 0 Å². The first-order chi connectivity index (χ1) is 12.5. The van der Waals surface area contributed by atoms with E-state index < -0.39 is 23.5 Å². The maximum Gasteiger partial charge on any atom is 0.322 e. The third-order valence-electron chi connectivity index (χ3n) is 3.92. The molecule has 142 valence electrons. The Kier molecular flexibility index (Phi) is 8.60. The van der Waals surface area contributed by atoms with Gasteiger partial charge in [0.05, 0.1) is 31.9 Å². The molecule has 0 saturated carbocycles. The second kappa shape index (κ2) is 10.7. The van der Waals surface area contributed by atoms with Crippen molar-refractivity contribution in [2.45, 2.75) is 6.92 Å². The normalized spacial score (nSPS) is 16.6. The molecule has 0 bridgehead atoms. The summed E-state index contributed by atoms with van der Waals surface area (Å²) < 4.78 is 25.0. The number of hydrogen-bond acceptors (Lipinski definition) is 6. The van der Waals surface area contributed by atoms with Crippen molar-refractivity contribution >= 4 is 40.6 Å². The number of carbonyl (C=O) groups is 2. The Morgan fingerprint density at radius 2 is 2.15 bits per heavy atom. The number of ketones is 1. The van der Waals surface area contributed by atoms with Crippen molar-refractivity contribution in [2.24, 2.45) is 10.9 Å². The standard InChI is InChI=1S/C18H22FIN2O4/c1-2-26-18(24)15(12-21-5-6-22-7-9-25-10-8-22)17(23)14-11-13(20)3-4-16(14)19/h3-4,11-12,15H,2,5-10H2,1H3. The van der Waals surface area contributed by atoms with Gasteiger partial charge in [-0.25, -0.2) is 4.39 Å². The molecule has 1 aliphatic heterocycles. The van der Waals surface area contributed by atoms with E-state index in [0.717, 1.165) is 13.1 Å². The summed E-state index contributed by atoms with van der Waals surface area (Å²) in [6, 6.07) is 4.20. The average Bonchev–Trinajstić information content (AvgIpc) is 2.64. The number of aliphatic imine (C=N–C) groups is 1. The highest BCUT2D eigenvalue weighted by Crippen LogP contribution is 2.17. The molecule has 1 aromatic carbocycles. The van der Waals surface area contributed by atoms with Gasteiger partial charge < -0.3 is 9.47 Å². The van der Waals surface area contributed by atoms with Crippen molar-refractivity contribution in [2.75, 3.05) is 46.0 Å². The number of morpholine rings is 1. The lowest BCUT2D eigenvalue weighted by atomic mass is 9.98. The minimum absolute atomic E-state index is 0.130. The number of carbonyl (C=O) groups excluding carboxylic acids is 2. The Balaban J connectivity index is 2.07. The fraction of sp³-hybridized carbons (Fsp3) is 0.500. The quantitative estimate of drug-likeness (QED) is 0.189. The summed E-state index contributed by atoms with van der Waals surface area (Å²) in [7, 11) is 0. The van der Waals surface area contributed by atoms with Crippen LogP contribution in [0.3, 0.4) is 0 Å². The van der Waals surface area contributed by atoms with Crippen LogP contribution in [0.15, 0.2) is 23.2 Å². The van der Waals surface area contributed by atoms with E-state index in [1.807, 2.05) is 22.6 Å². The van der Waals surface area contributed by atoms with Crippen LogP contribution in [0.2, 0.25) is 0 Å². The molecule has 1 heterocycles. The average molecular weight is 476 g/mol. The molecule has 0 radical (unpaired) electrons. The monoisotopic (exact) mass is 476 g/mol. The van der Waals surface area contributed by atoms with Crippen LogP contribution in [0.25, 0.3) is 0 Å². The summed E-state index contributed by atoms with van der Waals surface area (Å²) in [6.45, 7) is 6.01. The number of Topliss-reactive ketones (excluding diaryl/α,β-unsaturated/α-hetero) is 1. The first-order valence-electron chi connectivity index (χ1n) is 8.49. The topological polar surface area (TPSA) is 68.2 Å². The molecule has 8 heteroatoms. The lowest BCUT2D eigenvalue weighted by Crippen LogP contribution is -2.37. The van der Waals surface area contributed by atoms with Crippen LogP contribution >= 0.6 is 22.6 Å². The van der Waals surface area contributed by atoms with Crippen molar-refractivity contribution in [1.82, 2.24) is 4.90 Å². The second-order valence-corrected chi connectivity index (χ2v) is 6.97. The van der Waals surface area contributed by atoms with Gasteiger partial charge in [-0.05, 0) is 47.7 Å². The van der Waals surface area contributed by atoms with E-state index in [0.29, 0.717) is 29.9 Å². The van der Waals surface area contributed by atoms with E-state index in [1.54, 1.807) is 13.0 Å².